The summed E-state index contributed by atoms with van der Waals surface area (Å²) in [6.07, 6.45) is 0. The monoisotopic (exact) mass is 323 g/mol. The molecule has 0 bridgehead atoms. The highest BCUT2D eigenvalue weighted by atomic mass is 79.9. The number of halogens is 1. The van der Waals surface area contributed by atoms with Crippen LogP contribution >= 0.6 is 27.3 Å². The minimum absolute atomic E-state index is 0.352. The number of thiophene rings is 1. The molecule has 0 aliphatic rings. The SMILES string of the molecule is Cc1ccsc1C(C)Nc1cc(C)c(Br)c(C)c1. The maximum atomic E-state index is 3.60. The highest BCUT2D eigenvalue weighted by Crippen LogP contribution is 2.30. The summed E-state index contributed by atoms with van der Waals surface area (Å²) in [7, 11) is 0. The number of aryl methyl sites for hydroxylation is 3. The van der Waals surface area contributed by atoms with Gasteiger partial charge in [-0.3, -0.25) is 0 Å². The van der Waals surface area contributed by atoms with E-state index in [1.54, 1.807) is 0 Å². The van der Waals surface area contributed by atoms with Gasteiger partial charge in [0.2, 0.25) is 0 Å². The van der Waals surface area contributed by atoms with Gasteiger partial charge in [-0.15, -0.1) is 11.3 Å². The van der Waals surface area contributed by atoms with Crippen LogP contribution in [0, 0.1) is 20.8 Å². The maximum Gasteiger partial charge on any atom is 0.0581 e. The van der Waals surface area contributed by atoms with Gasteiger partial charge in [0.1, 0.15) is 0 Å². The first-order chi connectivity index (χ1) is 8.49. The zero-order valence-corrected chi connectivity index (χ0v) is 13.6. The van der Waals surface area contributed by atoms with Crippen molar-refractivity contribution in [1.82, 2.24) is 0 Å². The molecule has 1 aromatic carbocycles. The number of benzene rings is 1. The van der Waals surface area contributed by atoms with Crippen LogP contribution in [0.4, 0.5) is 5.69 Å². The quantitative estimate of drug-likeness (QED) is 0.774. The Morgan fingerprint density at radius 3 is 2.22 bits per heavy atom. The molecule has 1 unspecified atom stereocenters. The van der Waals surface area contributed by atoms with Gasteiger partial charge in [0.05, 0.1) is 6.04 Å². The van der Waals surface area contributed by atoms with Crippen LogP contribution in [-0.4, -0.2) is 0 Å². The fourth-order valence-corrected chi connectivity index (χ4v) is 3.34. The van der Waals surface area contributed by atoms with Gasteiger partial charge in [-0.25, -0.2) is 0 Å². The van der Waals surface area contributed by atoms with Crippen molar-refractivity contribution in [2.24, 2.45) is 0 Å². The molecule has 1 N–H and O–H groups in total. The van der Waals surface area contributed by atoms with E-state index in [9.17, 15) is 0 Å². The smallest absolute Gasteiger partial charge is 0.0581 e. The molecule has 0 amide bonds. The van der Waals surface area contributed by atoms with Crippen LogP contribution in [-0.2, 0) is 0 Å². The molecular formula is C15H18BrNS. The minimum atomic E-state index is 0.352. The number of nitrogens with one attached hydrogen (secondary N) is 1. The summed E-state index contributed by atoms with van der Waals surface area (Å²) in [6.45, 7) is 8.64. The van der Waals surface area contributed by atoms with Crippen molar-refractivity contribution in [3.63, 3.8) is 0 Å². The Morgan fingerprint density at radius 1 is 1.11 bits per heavy atom. The maximum absolute atomic E-state index is 3.60. The second kappa shape index (κ2) is 5.45. The Labute approximate surface area is 121 Å². The van der Waals surface area contributed by atoms with Gasteiger partial charge in [0, 0.05) is 15.0 Å². The first-order valence-corrected chi connectivity index (χ1v) is 7.73. The molecule has 1 aromatic heterocycles. The summed E-state index contributed by atoms with van der Waals surface area (Å²) < 4.78 is 1.20. The van der Waals surface area contributed by atoms with Crippen LogP contribution in [0.25, 0.3) is 0 Å². The molecule has 1 heterocycles. The molecule has 18 heavy (non-hydrogen) atoms. The molecule has 1 nitrogen and oxygen atoms in total. The number of hydrogen-bond acceptors (Lipinski definition) is 2. The summed E-state index contributed by atoms with van der Waals surface area (Å²) in [5.74, 6) is 0. The molecule has 0 aliphatic carbocycles. The topological polar surface area (TPSA) is 12.0 Å². The van der Waals surface area contributed by atoms with E-state index in [1.807, 2.05) is 11.3 Å². The molecule has 0 aliphatic heterocycles. The van der Waals surface area contributed by atoms with Crippen LogP contribution < -0.4 is 5.32 Å². The molecule has 0 saturated carbocycles. The van der Waals surface area contributed by atoms with Crippen molar-refractivity contribution in [2.45, 2.75) is 33.7 Å². The second-order valence-electron chi connectivity index (χ2n) is 4.76. The Hall–Kier alpha value is -0.800. The van der Waals surface area contributed by atoms with Crippen molar-refractivity contribution in [3.8, 4) is 0 Å². The molecule has 0 radical (unpaired) electrons. The van der Waals surface area contributed by atoms with Crippen LogP contribution in [0.3, 0.4) is 0 Å². The molecule has 96 valence electrons. The van der Waals surface area contributed by atoms with E-state index in [-0.39, 0.29) is 0 Å². The summed E-state index contributed by atoms with van der Waals surface area (Å²) in [5, 5.41) is 5.74. The van der Waals surface area contributed by atoms with Gasteiger partial charge in [-0.1, -0.05) is 15.9 Å². The van der Waals surface area contributed by atoms with Gasteiger partial charge in [-0.2, -0.15) is 0 Å². The van der Waals surface area contributed by atoms with Gasteiger partial charge >= 0.3 is 0 Å². The number of hydrogen-bond donors (Lipinski definition) is 1. The van der Waals surface area contributed by atoms with Gasteiger partial charge in [0.15, 0.2) is 0 Å². The van der Waals surface area contributed by atoms with Crippen LogP contribution in [0.2, 0.25) is 0 Å². The minimum Gasteiger partial charge on any atom is -0.378 e. The number of rotatable bonds is 3. The van der Waals surface area contributed by atoms with Crippen molar-refractivity contribution in [1.29, 1.82) is 0 Å². The highest BCUT2D eigenvalue weighted by Gasteiger charge is 2.10. The van der Waals surface area contributed by atoms with E-state index >= 15 is 0 Å². The predicted octanol–water partition coefficient (Wildman–Crippen LogP) is 5.61. The third kappa shape index (κ3) is 2.78. The van der Waals surface area contributed by atoms with E-state index in [0.29, 0.717) is 6.04 Å². The zero-order chi connectivity index (χ0) is 13.3. The Morgan fingerprint density at radius 2 is 1.72 bits per heavy atom. The normalized spacial score (nSPS) is 12.5. The average Bonchev–Trinajstić information content (AvgIpc) is 2.72. The zero-order valence-electron chi connectivity index (χ0n) is 11.2. The van der Waals surface area contributed by atoms with Crippen molar-refractivity contribution in [3.05, 3.63) is 49.6 Å². The van der Waals surface area contributed by atoms with Crippen molar-refractivity contribution >= 4 is 33.0 Å². The third-order valence-corrected chi connectivity index (χ3v) is 5.57. The first-order valence-electron chi connectivity index (χ1n) is 6.06. The van der Waals surface area contributed by atoms with E-state index in [1.165, 1.54) is 31.7 Å². The third-order valence-electron chi connectivity index (χ3n) is 3.11. The van der Waals surface area contributed by atoms with E-state index in [2.05, 4.69) is 72.5 Å². The van der Waals surface area contributed by atoms with E-state index in [0.717, 1.165) is 0 Å². The molecule has 2 rings (SSSR count). The molecule has 2 aromatic rings. The molecule has 0 saturated heterocycles. The standard InChI is InChI=1S/C15H18BrNS/c1-9-5-6-18-15(9)12(4)17-13-7-10(2)14(16)11(3)8-13/h5-8,12,17H,1-4H3. The van der Waals surface area contributed by atoms with E-state index in [4.69, 9.17) is 0 Å². The lowest BCUT2D eigenvalue weighted by atomic mass is 10.1. The molecule has 3 heteroatoms. The van der Waals surface area contributed by atoms with Crippen LogP contribution in [0.15, 0.2) is 28.1 Å². The summed E-state index contributed by atoms with van der Waals surface area (Å²) in [6, 6.07) is 6.91. The lowest BCUT2D eigenvalue weighted by molar-refractivity contribution is 0.898. The van der Waals surface area contributed by atoms with Gasteiger partial charge in [-0.05, 0) is 68.0 Å². The summed E-state index contributed by atoms with van der Waals surface area (Å²) >= 11 is 5.42. The Kier molecular flexibility index (Phi) is 4.13. The highest BCUT2D eigenvalue weighted by molar-refractivity contribution is 9.10. The van der Waals surface area contributed by atoms with Gasteiger partial charge in [0.25, 0.3) is 0 Å². The fraction of sp³-hybridized carbons (Fsp3) is 0.333. The fourth-order valence-electron chi connectivity index (χ4n) is 2.17. The van der Waals surface area contributed by atoms with Crippen LogP contribution in [0.5, 0.6) is 0 Å². The van der Waals surface area contributed by atoms with Gasteiger partial charge < -0.3 is 5.32 Å². The largest absolute Gasteiger partial charge is 0.378 e. The first kappa shape index (κ1) is 13.6. The lowest BCUT2D eigenvalue weighted by Crippen LogP contribution is -2.06. The number of anilines is 1. The molecular weight excluding hydrogens is 306 g/mol. The Balaban J connectivity index is 2.22. The predicted molar refractivity (Wildman–Crippen MR) is 84.7 cm³/mol. The second-order valence-corrected chi connectivity index (χ2v) is 6.50. The Bertz CT molecular complexity index is 536. The average molecular weight is 324 g/mol. The summed E-state index contributed by atoms with van der Waals surface area (Å²) in [5.41, 5.74) is 5.10. The summed E-state index contributed by atoms with van der Waals surface area (Å²) in [4.78, 5) is 1.41. The van der Waals surface area contributed by atoms with Crippen LogP contribution in [0.1, 0.15) is 34.5 Å². The van der Waals surface area contributed by atoms with Crippen molar-refractivity contribution in [2.75, 3.05) is 5.32 Å². The van der Waals surface area contributed by atoms with E-state index < -0.39 is 0 Å². The molecule has 1 atom stereocenters. The molecule has 0 spiro atoms. The van der Waals surface area contributed by atoms with Crippen molar-refractivity contribution < 1.29 is 0 Å². The lowest BCUT2D eigenvalue weighted by Gasteiger charge is -2.17. The molecule has 0 fully saturated rings.